The minimum absolute atomic E-state index is 0.0679. The number of phenolic OH excluding ortho intramolecular Hbond substituents is 1. The number of aryl methyl sites for hydroxylation is 1. The summed E-state index contributed by atoms with van der Waals surface area (Å²) in [5, 5.41) is 17.4. The van der Waals surface area contributed by atoms with Gasteiger partial charge in [0.05, 0.1) is 28.8 Å². The molecule has 15 heteroatoms. The first-order valence-corrected chi connectivity index (χ1v) is 18.0. The number of carbonyl (C=O) groups is 2. The van der Waals surface area contributed by atoms with Crippen LogP contribution in [0.2, 0.25) is 0 Å². The average molecular weight is 767 g/mol. The Morgan fingerprint density at radius 2 is 1.70 bits per heavy atom. The Morgan fingerprint density at radius 1 is 0.964 bits per heavy atom. The number of hydrogen-bond acceptors (Lipinski definition) is 9. The number of halogens is 3. The van der Waals surface area contributed by atoms with Crippen LogP contribution in [0.15, 0.2) is 91.1 Å². The van der Waals surface area contributed by atoms with E-state index in [2.05, 4.69) is 20.3 Å². The van der Waals surface area contributed by atoms with Gasteiger partial charge in [0.25, 0.3) is 6.43 Å². The molecule has 4 aromatic carbocycles. The Bertz CT molecular complexity index is 2420. The van der Waals surface area contributed by atoms with Gasteiger partial charge in [-0.15, -0.1) is 0 Å². The van der Waals surface area contributed by atoms with Crippen LogP contribution in [0.1, 0.15) is 34.5 Å². The lowest BCUT2D eigenvalue weighted by Gasteiger charge is -2.24. The van der Waals surface area contributed by atoms with E-state index in [4.69, 9.17) is 19.9 Å². The van der Waals surface area contributed by atoms with Gasteiger partial charge in [-0.1, -0.05) is 12.1 Å². The second kappa shape index (κ2) is 14.9. The number of ether oxygens (including phenoxy) is 3. The summed E-state index contributed by atoms with van der Waals surface area (Å²) < 4.78 is 59.0. The second-order valence-corrected chi connectivity index (χ2v) is 14.1. The number of aromatic hydroxyl groups is 1. The molecule has 0 radical (unpaired) electrons. The number of nitrogen functional groups attached to an aromatic ring is 1. The molecule has 56 heavy (non-hydrogen) atoms. The van der Waals surface area contributed by atoms with Gasteiger partial charge in [-0.25, -0.2) is 22.6 Å². The van der Waals surface area contributed by atoms with Gasteiger partial charge in [-0.3, -0.25) is 4.79 Å². The van der Waals surface area contributed by atoms with Crippen LogP contribution < -0.4 is 30.2 Å². The molecule has 1 aliphatic carbocycles. The number of aromatic amines is 1. The number of anilines is 2. The normalized spacial score (nSPS) is 17.7. The van der Waals surface area contributed by atoms with E-state index in [1.54, 1.807) is 48.5 Å². The van der Waals surface area contributed by atoms with Crippen molar-refractivity contribution in [2.45, 2.75) is 32.2 Å². The molecule has 8 rings (SSSR count). The van der Waals surface area contributed by atoms with E-state index >= 15 is 0 Å². The number of phenols is 1. The molecule has 3 atom stereocenters. The number of hydrogen-bond donors (Lipinski definition) is 4. The van der Waals surface area contributed by atoms with Crippen LogP contribution in [0, 0.1) is 24.6 Å². The number of carbonyl (C=O) groups excluding carboxylic acids is 2. The van der Waals surface area contributed by atoms with Gasteiger partial charge in [-0.2, -0.15) is 5.10 Å². The van der Waals surface area contributed by atoms with Crippen molar-refractivity contribution in [1.82, 2.24) is 20.1 Å². The highest BCUT2D eigenvalue weighted by Crippen LogP contribution is 2.44. The fourth-order valence-electron chi connectivity index (χ4n) is 7.67. The Labute approximate surface area is 318 Å². The fraction of sp³-hybridized carbons (Fsp3) is 0.244. The van der Waals surface area contributed by atoms with E-state index in [0.29, 0.717) is 65.3 Å². The standard InChI is InChI=1S/C41H37F3N6O6/c1-22-12-29(55-36-5-3-2-4-31(36)42)10-11-34(22)50-40(45)30(18-46-50)39(52)33-15-23-16-37(54-21-38(43)44)35(17-32(23)48-33)49-19-24-13-26(14-25(24)20-49)47-41(53)56-28-8-6-27(51)7-9-28/h2-12,15-18,24-26,38,48,51H,13-14,19-21,45H2,1H3,(H,47,53)/t24-,25?,26-/m0/s1. The van der Waals surface area contributed by atoms with Gasteiger partial charge >= 0.3 is 6.09 Å². The highest BCUT2D eigenvalue weighted by atomic mass is 19.3. The van der Waals surface area contributed by atoms with Crippen LogP contribution in [-0.4, -0.2) is 63.9 Å². The number of rotatable bonds is 11. The zero-order chi connectivity index (χ0) is 39.1. The monoisotopic (exact) mass is 766 g/mol. The maximum atomic E-state index is 14.1. The second-order valence-electron chi connectivity index (χ2n) is 14.1. The number of amides is 1. The number of H-pyrrole nitrogens is 1. The molecule has 1 saturated heterocycles. The summed E-state index contributed by atoms with van der Waals surface area (Å²) in [6.07, 6.45) is -0.459. The number of fused-ring (bicyclic) bond motifs is 2. The molecule has 12 nitrogen and oxygen atoms in total. The molecule has 1 unspecified atom stereocenters. The summed E-state index contributed by atoms with van der Waals surface area (Å²) in [5.41, 5.74) is 9.40. The molecule has 1 aliphatic heterocycles. The molecule has 5 N–H and O–H groups in total. The number of aromatic nitrogens is 3. The molecule has 6 aromatic rings. The zero-order valence-corrected chi connectivity index (χ0v) is 30.0. The maximum absolute atomic E-state index is 14.1. The first kappa shape index (κ1) is 36.3. The summed E-state index contributed by atoms with van der Waals surface area (Å²) in [7, 11) is 0. The van der Waals surface area contributed by atoms with Crippen molar-refractivity contribution in [2.24, 2.45) is 11.8 Å². The lowest BCUT2D eigenvalue weighted by atomic mass is 10.0. The first-order chi connectivity index (χ1) is 27.0. The Balaban J connectivity index is 0.978. The minimum atomic E-state index is -2.69. The predicted octanol–water partition coefficient (Wildman–Crippen LogP) is 7.76. The number of para-hydroxylation sites is 1. The SMILES string of the molecule is Cc1cc(Oc2ccccc2F)ccc1-n1ncc(C(=O)c2cc3cc(OCC(F)F)c(N4CC5C[C@@H](NC(=O)Oc6ccc(O)cc6)C[C@H]5C4)cc3[nH]2)c1N. The minimum Gasteiger partial charge on any atom is -0.508 e. The first-order valence-electron chi connectivity index (χ1n) is 18.0. The van der Waals surface area contributed by atoms with E-state index in [0.717, 1.165) is 0 Å². The molecule has 2 aromatic heterocycles. The maximum Gasteiger partial charge on any atom is 0.412 e. The van der Waals surface area contributed by atoms with Crippen molar-refractivity contribution in [3.8, 4) is 34.4 Å². The quantitative estimate of drug-likeness (QED) is 0.0968. The van der Waals surface area contributed by atoms with E-state index in [9.17, 15) is 27.9 Å². The summed E-state index contributed by atoms with van der Waals surface area (Å²) >= 11 is 0. The summed E-state index contributed by atoms with van der Waals surface area (Å²) in [6.45, 7) is 2.25. The van der Waals surface area contributed by atoms with Crippen molar-refractivity contribution in [3.63, 3.8) is 0 Å². The number of ketones is 1. The lowest BCUT2D eigenvalue weighted by molar-refractivity contribution is 0.0822. The summed E-state index contributed by atoms with van der Waals surface area (Å²) in [5.74, 6) is 0.804. The van der Waals surface area contributed by atoms with E-state index in [1.807, 2.05) is 6.92 Å². The molecular formula is C41H37F3N6O6. The lowest BCUT2D eigenvalue weighted by Crippen LogP contribution is -2.36. The molecule has 2 fully saturated rings. The number of nitrogens with one attached hydrogen (secondary N) is 2. The largest absolute Gasteiger partial charge is 0.508 e. The summed E-state index contributed by atoms with van der Waals surface area (Å²) in [6, 6.07) is 22.0. The van der Waals surface area contributed by atoms with Crippen LogP contribution in [0.4, 0.5) is 29.5 Å². The smallest absolute Gasteiger partial charge is 0.412 e. The third-order valence-electron chi connectivity index (χ3n) is 10.3. The van der Waals surface area contributed by atoms with Crippen LogP contribution in [0.5, 0.6) is 28.7 Å². The third kappa shape index (κ3) is 7.39. The Morgan fingerprint density at radius 3 is 2.41 bits per heavy atom. The molecular weight excluding hydrogens is 729 g/mol. The number of nitrogens with two attached hydrogens (primary N) is 1. The topological polar surface area (TPSA) is 157 Å². The highest BCUT2D eigenvalue weighted by molar-refractivity contribution is 6.12. The van der Waals surface area contributed by atoms with E-state index in [1.165, 1.54) is 47.3 Å². The highest BCUT2D eigenvalue weighted by Gasteiger charge is 2.42. The van der Waals surface area contributed by atoms with Crippen LogP contribution >= 0.6 is 0 Å². The van der Waals surface area contributed by atoms with Gasteiger partial charge in [0.1, 0.15) is 35.4 Å². The third-order valence-corrected chi connectivity index (χ3v) is 10.3. The van der Waals surface area contributed by atoms with Crippen molar-refractivity contribution >= 4 is 34.3 Å². The number of benzene rings is 4. The van der Waals surface area contributed by atoms with Crippen molar-refractivity contribution in [2.75, 3.05) is 30.3 Å². The fourth-order valence-corrected chi connectivity index (χ4v) is 7.67. The van der Waals surface area contributed by atoms with Crippen LogP contribution in [0.25, 0.3) is 16.6 Å². The van der Waals surface area contributed by atoms with E-state index in [-0.39, 0.29) is 52.2 Å². The average Bonchev–Trinajstić information content (AvgIpc) is 3.95. The zero-order valence-electron chi connectivity index (χ0n) is 30.0. The van der Waals surface area contributed by atoms with Crippen LogP contribution in [0.3, 0.4) is 0 Å². The molecule has 1 saturated carbocycles. The molecule has 2 aliphatic rings. The van der Waals surface area contributed by atoms with Gasteiger partial charge in [0.2, 0.25) is 5.78 Å². The number of nitrogens with zero attached hydrogens (tertiary/aromatic N) is 3. The Kier molecular flexibility index (Phi) is 9.66. The van der Waals surface area contributed by atoms with Crippen molar-refractivity contribution in [3.05, 3.63) is 114 Å². The predicted molar refractivity (Wildman–Crippen MR) is 202 cm³/mol. The molecule has 3 heterocycles. The van der Waals surface area contributed by atoms with Crippen molar-refractivity contribution in [1.29, 1.82) is 0 Å². The van der Waals surface area contributed by atoms with Crippen molar-refractivity contribution < 1.29 is 42.1 Å². The number of alkyl halides is 2. The summed E-state index contributed by atoms with van der Waals surface area (Å²) in [4.78, 5) is 31.6. The molecule has 0 bridgehead atoms. The van der Waals surface area contributed by atoms with Gasteiger partial charge in [-0.05, 0) is 110 Å². The van der Waals surface area contributed by atoms with Gasteiger partial charge < -0.3 is 40.3 Å². The van der Waals surface area contributed by atoms with E-state index < -0.39 is 30.7 Å². The molecule has 0 spiro atoms. The van der Waals surface area contributed by atoms with Gasteiger partial charge in [0.15, 0.2) is 11.6 Å². The van der Waals surface area contributed by atoms with Crippen LogP contribution in [-0.2, 0) is 0 Å². The molecule has 288 valence electrons. The Hall–Kier alpha value is -6.64. The van der Waals surface area contributed by atoms with Gasteiger partial charge in [0, 0.05) is 30.0 Å². The molecule has 1 amide bonds.